The van der Waals surface area contributed by atoms with E-state index in [1.807, 2.05) is 0 Å². The van der Waals surface area contributed by atoms with Crippen molar-refractivity contribution >= 4 is 5.69 Å². The summed E-state index contributed by atoms with van der Waals surface area (Å²) in [5, 5.41) is 0. The van der Waals surface area contributed by atoms with Crippen molar-refractivity contribution in [2.24, 2.45) is 0 Å². The molecule has 1 aromatic carbocycles. The Morgan fingerprint density at radius 1 is 0.905 bits per heavy atom. The summed E-state index contributed by atoms with van der Waals surface area (Å²) in [4.78, 5) is 12.2. The van der Waals surface area contributed by atoms with Gasteiger partial charge in [-0.25, -0.2) is 4.57 Å². The minimum absolute atomic E-state index is 0.174. The Balaban J connectivity index is 2.47. The maximum atomic E-state index is 14.5. The molecule has 0 atom stereocenters. The number of alkyl halides is 2. The van der Waals surface area contributed by atoms with E-state index >= 15 is 0 Å². The van der Waals surface area contributed by atoms with Crippen molar-refractivity contribution in [3.8, 4) is 11.3 Å². The van der Waals surface area contributed by atoms with Crippen molar-refractivity contribution in [1.82, 2.24) is 4.57 Å². The number of aromatic nitrogens is 1. The van der Waals surface area contributed by atoms with Gasteiger partial charge in [-0.1, -0.05) is 36.4 Å². The van der Waals surface area contributed by atoms with Crippen LogP contribution in [-0.4, -0.2) is 4.57 Å². The quantitative estimate of drug-likeness (QED) is 0.808. The molecule has 2 N–H and O–H groups in total. The van der Waals surface area contributed by atoms with Gasteiger partial charge in [-0.15, -0.1) is 0 Å². The first kappa shape index (κ1) is 13.3. The van der Waals surface area contributed by atoms with Crippen molar-refractivity contribution < 1.29 is 8.78 Å². The molecule has 0 saturated heterocycles. The molecule has 0 bridgehead atoms. The van der Waals surface area contributed by atoms with Crippen LogP contribution in [0.2, 0.25) is 0 Å². The third kappa shape index (κ3) is 2.07. The van der Waals surface area contributed by atoms with Crippen molar-refractivity contribution in [2.45, 2.75) is 6.05 Å². The predicted octanol–water partition coefficient (Wildman–Crippen LogP) is 3.13. The molecule has 2 aromatic rings. The van der Waals surface area contributed by atoms with Crippen LogP contribution in [0.15, 0.2) is 65.5 Å². The number of hydrogen-bond donors (Lipinski definition) is 1. The zero-order valence-corrected chi connectivity index (χ0v) is 11.0. The largest absolute Gasteiger partial charge is 0.399 e. The van der Waals surface area contributed by atoms with Gasteiger partial charge in [0.25, 0.3) is 5.56 Å². The molecule has 1 aromatic heterocycles. The summed E-state index contributed by atoms with van der Waals surface area (Å²) in [7, 11) is 0. The highest BCUT2D eigenvalue weighted by Crippen LogP contribution is 2.43. The number of benzene rings is 1. The Morgan fingerprint density at radius 2 is 1.57 bits per heavy atom. The lowest BCUT2D eigenvalue weighted by molar-refractivity contribution is -0.0312. The molecule has 1 aliphatic heterocycles. The lowest BCUT2D eigenvalue weighted by Gasteiger charge is -2.13. The second-order valence-corrected chi connectivity index (χ2v) is 4.70. The van der Waals surface area contributed by atoms with Gasteiger partial charge in [-0.3, -0.25) is 4.79 Å². The van der Waals surface area contributed by atoms with Crippen molar-refractivity contribution in [3.63, 3.8) is 0 Å². The van der Waals surface area contributed by atoms with Gasteiger partial charge >= 0.3 is 6.05 Å². The molecule has 2 heterocycles. The number of fused-ring (bicyclic) bond motifs is 3. The fourth-order valence-corrected chi connectivity index (χ4v) is 2.39. The molecule has 0 spiro atoms. The normalized spacial score (nSPS) is 14.0. The van der Waals surface area contributed by atoms with E-state index in [0.717, 1.165) is 6.07 Å². The summed E-state index contributed by atoms with van der Waals surface area (Å²) in [6, 6.07) is 11.4. The minimum atomic E-state index is -3.38. The highest BCUT2D eigenvalue weighted by atomic mass is 19.3. The van der Waals surface area contributed by atoms with Gasteiger partial charge in [0, 0.05) is 17.3 Å². The lowest BCUT2D eigenvalue weighted by atomic mass is 10.1. The second kappa shape index (κ2) is 4.70. The Labute approximate surface area is 119 Å². The van der Waals surface area contributed by atoms with Crippen LogP contribution >= 0.6 is 0 Å². The maximum Gasteiger partial charge on any atom is 0.359 e. The molecular weight excluding hydrogens is 274 g/mol. The minimum Gasteiger partial charge on any atom is -0.399 e. The van der Waals surface area contributed by atoms with E-state index in [9.17, 15) is 13.6 Å². The van der Waals surface area contributed by atoms with Gasteiger partial charge in [0.05, 0.1) is 11.3 Å². The Hall–Kier alpha value is -2.69. The van der Waals surface area contributed by atoms with Crippen LogP contribution in [0.25, 0.3) is 11.3 Å². The van der Waals surface area contributed by atoms with E-state index in [1.54, 1.807) is 30.3 Å². The smallest absolute Gasteiger partial charge is 0.359 e. The number of halogens is 2. The van der Waals surface area contributed by atoms with E-state index in [2.05, 4.69) is 0 Å². The predicted molar refractivity (Wildman–Crippen MR) is 77.5 cm³/mol. The summed E-state index contributed by atoms with van der Waals surface area (Å²) < 4.78 is 29.6. The fraction of sp³-hybridized carbons (Fsp3) is 0.0625. The Kier molecular flexibility index (Phi) is 2.97. The van der Waals surface area contributed by atoms with Crippen molar-refractivity contribution in [2.75, 3.05) is 5.73 Å². The average Bonchev–Trinajstić information content (AvgIpc) is 2.69. The Bertz CT molecular complexity index is 826. The summed E-state index contributed by atoms with van der Waals surface area (Å²) in [5.41, 5.74) is 5.48. The van der Waals surface area contributed by atoms with Crippen LogP contribution < -0.4 is 11.3 Å². The van der Waals surface area contributed by atoms with Gasteiger partial charge in [-0.2, -0.15) is 8.78 Å². The summed E-state index contributed by atoms with van der Waals surface area (Å²) in [6.07, 6.45) is 0. The molecule has 0 unspecified atom stereocenters. The first-order valence-electron chi connectivity index (χ1n) is 6.36. The van der Waals surface area contributed by atoms with Crippen LogP contribution in [0.3, 0.4) is 0 Å². The molecule has 0 fully saturated rings. The molecule has 21 heavy (non-hydrogen) atoms. The van der Waals surface area contributed by atoms with Crippen LogP contribution in [0.4, 0.5) is 14.5 Å². The topological polar surface area (TPSA) is 48.0 Å². The molecule has 106 valence electrons. The number of anilines is 1. The van der Waals surface area contributed by atoms with E-state index < -0.39 is 11.6 Å². The van der Waals surface area contributed by atoms with E-state index in [0.29, 0.717) is 15.8 Å². The monoisotopic (exact) mass is 286 g/mol. The molecule has 0 amide bonds. The second-order valence-electron chi connectivity index (χ2n) is 4.70. The fourth-order valence-electron chi connectivity index (χ4n) is 2.39. The molecule has 0 radical (unpaired) electrons. The van der Waals surface area contributed by atoms with E-state index in [-0.39, 0.29) is 11.3 Å². The first-order valence-corrected chi connectivity index (χ1v) is 6.36. The zero-order chi connectivity index (χ0) is 15.0. The summed E-state index contributed by atoms with van der Waals surface area (Å²) in [5.74, 6) is 0. The maximum absolute atomic E-state index is 14.5. The number of nitrogen functional groups attached to an aromatic ring is 1. The first-order chi connectivity index (χ1) is 10.0. The lowest BCUT2D eigenvalue weighted by Crippen LogP contribution is -2.30. The van der Waals surface area contributed by atoms with Gasteiger partial charge in [0.1, 0.15) is 0 Å². The average molecular weight is 286 g/mol. The summed E-state index contributed by atoms with van der Waals surface area (Å²) in [6.45, 7) is 0. The number of nitrogens with two attached hydrogens (primary N) is 1. The third-order valence-electron chi connectivity index (χ3n) is 3.34. The van der Waals surface area contributed by atoms with Gasteiger partial charge in [0.2, 0.25) is 0 Å². The molecule has 0 aliphatic carbocycles. The third-order valence-corrected chi connectivity index (χ3v) is 3.34. The van der Waals surface area contributed by atoms with Crippen molar-refractivity contribution in [3.05, 3.63) is 76.6 Å². The number of rotatable bonds is 0. The van der Waals surface area contributed by atoms with Crippen LogP contribution in [0, 0.1) is 0 Å². The highest BCUT2D eigenvalue weighted by Gasteiger charge is 2.43. The van der Waals surface area contributed by atoms with Gasteiger partial charge in [0.15, 0.2) is 0 Å². The summed E-state index contributed by atoms with van der Waals surface area (Å²) >= 11 is 0. The molecule has 3 rings (SSSR count). The van der Waals surface area contributed by atoms with E-state index in [1.165, 1.54) is 24.3 Å². The highest BCUT2D eigenvalue weighted by molar-refractivity contribution is 5.69. The van der Waals surface area contributed by atoms with Crippen LogP contribution in [0.1, 0.15) is 5.56 Å². The standard InChI is InChI=1S/C16H12F2N2O/c17-16(18)13-7-3-2-6-12(13)14-8-4-1-5-11(19)9-10-15(21)20(14)16/h1-10H,19H2. The SMILES string of the molecule is Nc1ccccc2n(c(=O)cc1)C(F)(F)c1ccccc1-2. The van der Waals surface area contributed by atoms with Crippen molar-refractivity contribution in [1.29, 1.82) is 0 Å². The van der Waals surface area contributed by atoms with Crippen LogP contribution in [0.5, 0.6) is 0 Å². The Morgan fingerprint density at radius 3 is 2.38 bits per heavy atom. The van der Waals surface area contributed by atoms with Gasteiger partial charge < -0.3 is 5.73 Å². The van der Waals surface area contributed by atoms with E-state index in [4.69, 9.17) is 5.73 Å². The number of nitrogens with zero attached hydrogens (tertiary/aromatic N) is 1. The molecule has 1 aliphatic rings. The molecule has 3 nitrogen and oxygen atoms in total. The molecule has 5 heteroatoms. The molecular formula is C16H12F2N2O. The van der Waals surface area contributed by atoms with Gasteiger partial charge in [-0.05, 0) is 18.2 Å². The zero-order valence-electron chi connectivity index (χ0n) is 11.0. The number of hydrogen-bond acceptors (Lipinski definition) is 2. The molecule has 0 saturated carbocycles. The van der Waals surface area contributed by atoms with Crippen LogP contribution in [-0.2, 0) is 6.05 Å².